The predicted octanol–water partition coefficient (Wildman–Crippen LogP) is 6.08. The van der Waals surface area contributed by atoms with Crippen LogP contribution in [0.5, 0.6) is 5.75 Å². The van der Waals surface area contributed by atoms with E-state index in [1.807, 2.05) is 19.1 Å². The SMILES string of the molecule is CCc1nc2cc(OC)c(N3CCN(C(C)C)CC3)cc2c(Nc2cccc(Cl)c2Cl)c1C(=O)O. The highest BCUT2D eigenvalue weighted by molar-refractivity contribution is 6.43. The molecule has 186 valence electrons. The second kappa shape index (κ2) is 10.5. The van der Waals surface area contributed by atoms with Crippen molar-refractivity contribution in [2.24, 2.45) is 0 Å². The number of aromatic carboxylic acids is 1. The van der Waals surface area contributed by atoms with Gasteiger partial charge in [-0.3, -0.25) is 9.88 Å². The molecule has 0 atom stereocenters. The Hall–Kier alpha value is -2.74. The van der Waals surface area contributed by atoms with E-state index in [1.54, 1.807) is 25.3 Å². The molecule has 0 saturated carbocycles. The van der Waals surface area contributed by atoms with Gasteiger partial charge in [0.05, 0.1) is 45.4 Å². The van der Waals surface area contributed by atoms with Crippen molar-refractivity contribution in [3.05, 3.63) is 51.6 Å². The summed E-state index contributed by atoms with van der Waals surface area (Å²) in [5.74, 6) is -0.348. The molecular weight excluding hydrogens is 487 g/mol. The van der Waals surface area contributed by atoms with Crippen LogP contribution in [0.2, 0.25) is 10.0 Å². The summed E-state index contributed by atoms with van der Waals surface area (Å²) >= 11 is 12.7. The summed E-state index contributed by atoms with van der Waals surface area (Å²) in [5, 5.41) is 14.8. The molecule has 2 aromatic carbocycles. The number of pyridine rings is 1. The Kier molecular flexibility index (Phi) is 7.59. The number of nitrogens with zero attached hydrogens (tertiary/aromatic N) is 3. The minimum absolute atomic E-state index is 0.122. The number of halogens is 2. The third-order valence-electron chi connectivity index (χ3n) is 6.51. The highest BCUT2D eigenvalue weighted by atomic mass is 35.5. The number of carboxylic acids is 1. The van der Waals surface area contributed by atoms with E-state index in [0.717, 1.165) is 31.9 Å². The number of nitrogens with one attached hydrogen (secondary N) is 1. The summed E-state index contributed by atoms with van der Waals surface area (Å²) in [6.45, 7) is 9.86. The van der Waals surface area contributed by atoms with Crippen molar-refractivity contribution < 1.29 is 14.6 Å². The van der Waals surface area contributed by atoms with Crippen LogP contribution >= 0.6 is 23.2 Å². The topological polar surface area (TPSA) is 77.9 Å². The van der Waals surface area contributed by atoms with E-state index in [4.69, 9.17) is 32.9 Å². The van der Waals surface area contributed by atoms with Crippen LogP contribution in [-0.4, -0.2) is 60.3 Å². The molecule has 0 amide bonds. The van der Waals surface area contributed by atoms with Crippen LogP contribution in [0, 0.1) is 0 Å². The van der Waals surface area contributed by atoms with E-state index in [1.165, 1.54) is 0 Å². The minimum Gasteiger partial charge on any atom is -0.495 e. The Morgan fingerprint density at radius 1 is 1.20 bits per heavy atom. The Morgan fingerprint density at radius 3 is 2.51 bits per heavy atom. The maximum Gasteiger partial charge on any atom is 0.339 e. The van der Waals surface area contributed by atoms with Crippen LogP contribution in [0.1, 0.15) is 36.8 Å². The molecular formula is C26H30Cl2N4O3. The molecule has 3 aromatic rings. The van der Waals surface area contributed by atoms with E-state index in [9.17, 15) is 9.90 Å². The molecule has 35 heavy (non-hydrogen) atoms. The molecule has 2 heterocycles. The van der Waals surface area contributed by atoms with Crippen molar-refractivity contribution in [1.29, 1.82) is 0 Å². The van der Waals surface area contributed by atoms with Crippen LogP contribution in [0.3, 0.4) is 0 Å². The average Bonchev–Trinajstić information content (AvgIpc) is 2.85. The maximum absolute atomic E-state index is 12.4. The number of hydrogen-bond acceptors (Lipinski definition) is 6. The largest absolute Gasteiger partial charge is 0.495 e. The van der Waals surface area contributed by atoms with Crippen LogP contribution in [0.25, 0.3) is 10.9 Å². The van der Waals surface area contributed by atoms with E-state index in [0.29, 0.717) is 56.2 Å². The zero-order valence-corrected chi connectivity index (χ0v) is 21.9. The standard InChI is InChI=1S/C26H30Cl2N4O3/c1-5-18-23(26(33)34)25(30-19-8-6-7-17(27)24(19)28)16-13-21(22(35-4)14-20(16)29-18)32-11-9-31(10-12-32)15(2)3/h6-8,13-15H,5,9-12H2,1-4H3,(H,29,30)(H,33,34). The van der Waals surface area contributed by atoms with Gasteiger partial charge in [-0.1, -0.05) is 36.2 Å². The molecule has 0 bridgehead atoms. The van der Waals surface area contributed by atoms with Gasteiger partial charge < -0.3 is 20.1 Å². The summed E-state index contributed by atoms with van der Waals surface area (Å²) in [6, 6.07) is 9.57. The lowest BCUT2D eigenvalue weighted by Crippen LogP contribution is -2.49. The van der Waals surface area contributed by atoms with Gasteiger partial charge in [0.25, 0.3) is 0 Å². The molecule has 1 aromatic heterocycles. The first-order valence-corrected chi connectivity index (χ1v) is 12.5. The van der Waals surface area contributed by atoms with Crippen LogP contribution in [-0.2, 0) is 6.42 Å². The molecule has 0 radical (unpaired) electrons. The number of anilines is 3. The number of piperazine rings is 1. The molecule has 4 rings (SSSR count). The number of carbonyl (C=O) groups is 1. The summed E-state index contributed by atoms with van der Waals surface area (Å²) in [6.07, 6.45) is 0.455. The summed E-state index contributed by atoms with van der Waals surface area (Å²) in [4.78, 5) is 21.8. The van der Waals surface area contributed by atoms with Gasteiger partial charge in [0, 0.05) is 43.7 Å². The van der Waals surface area contributed by atoms with Gasteiger partial charge in [0.2, 0.25) is 0 Å². The normalized spacial score (nSPS) is 14.5. The fourth-order valence-corrected chi connectivity index (χ4v) is 4.92. The van der Waals surface area contributed by atoms with Crippen molar-refractivity contribution in [2.75, 3.05) is 43.5 Å². The fourth-order valence-electron chi connectivity index (χ4n) is 4.57. The molecule has 0 aliphatic carbocycles. The second-order valence-corrected chi connectivity index (χ2v) is 9.64. The lowest BCUT2D eigenvalue weighted by atomic mass is 10.0. The van der Waals surface area contributed by atoms with Crippen LogP contribution in [0.15, 0.2) is 30.3 Å². The summed E-state index contributed by atoms with van der Waals surface area (Å²) in [5.41, 5.74) is 3.12. The van der Waals surface area contributed by atoms with Crippen LogP contribution in [0.4, 0.5) is 17.1 Å². The van der Waals surface area contributed by atoms with Gasteiger partial charge in [-0.2, -0.15) is 0 Å². The van der Waals surface area contributed by atoms with Crippen molar-refractivity contribution in [3.8, 4) is 5.75 Å². The van der Waals surface area contributed by atoms with Crippen molar-refractivity contribution in [2.45, 2.75) is 33.2 Å². The summed E-state index contributed by atoms with van der Waals surface area (Å²) < 4.78 is 5.75. The average molecular weight is 517 g/mol. The Bertz CT molecular complexity index is 1260. The van der Waals surface area contributed by atoms with Gasteiger partial charge in [-0.25, -0.2) is 4.79 Å². The first-order chi connectivity index (χ1) is 16.7. The Morgan fingerprint density at radius 2 is 1.91 bits per heavy atom. The fraction of sp³-hybridized carbons (Fsp3) is 0.385. The van der Waals surface area contributed by atoms with Gasteiger partial charge in [0.15, 0.2) is 0 Å². The van der Waals surface area contributed by atoms with Crippen molar-refractivity contribution in [1.82, 2.24) is 9.88 Å². The molecule has 1 saturated heterocycles. The molecule has 1 aliphatic heterocycles. The second-order valence-electron chi connectivity index (χ2n) is 8.85. The zero-order valence-electron chi connectivity index (χ0n) is 20.4. The van der Waals surface area contributed by atoms with Gasteiger partial charge >= 0.3 is 5.97 Å². The first-order valence-electron chi connectivity index (χ1n) is 11.7. The molecule has 2 N–H and O–H groups in total. The summed E-state index contributed by atoms with van der Waals surface area (Å²) in [7, 11) is 1.65. The number of rotatable bonds is 7. The van der Waals surface area contributed by atoms with E-state index >= 15 is 0 Å². The van der Waals surface area contributed by atoms with Crippen LogP contribution < -0.4 is 15.0 Å². The maximum atomic E-state index is 12.4. The molecule has 0 unspecified atom stereocenters. The smallest absolute Gasteiger partial charge is 0.339 e. The minimum atomic E-state index is -1.06. The first kappa shape index (κ1) is 25.4. The molecule has 1 fully saturated rings. The van der Waals surface area contributed by atoms with Gasteiger partial charge in [0.1, 0.15) is 11.3 Å². The Labute approximate surface area is 215 Å². The van der Waals surface area contributed by atoms with Gasteiger partial charge in [-0.05, 0) is 38.5 Å². The number of fused-ring (bicyclic) bond motifs is 1. The van der Waals surface area contributed by atoms with Crippen molar-refractivity contribution >= 4 is 57.1 Å². The molecule has 1 aliphatic rings. The molecule has 0 spiro atoms. The van der Waals surface area contributed by atoms with E-state index in [2.05, 4.69) is 29.0 Å². The lowest BCUT2D eigenvalue weighted by molar-refractivity contribution is 0.0696. The number of benzene rings is 2. The number of methoxy groups -OCH3 is 1. The quantitative estimate of drug-likeness (QED) is 0.393. The monoisotopic (exact) mass is 516 g/mol. The third kappa shape index (κ3) is 4.99. The van der Waals surface area contributed by atoms with Crippen molar-refractivity contribution in [3.63, 3.8) is 0 Å². The third-order valence-corrected chi connectivity index (χ3v) is 7.32. The molecule has 9 heteroatoms. The highest BCUT2D eigenvalue weighted by Gasteiger charge is 2.25. The lowest BCUT2D eigenvalue weighted by Gasteiger charge is -2.38. The molecule has 7 nitrogen and oxygen atoms in total. The van der Waals surface area contributed by atoms with E-state index in [-0.39, 0.29) is 5.56 Å². The highest BCUT2D eigenvalue weighted by Crippen LogP contribution is 2.41. The number of hydrogen-bond donors (Lipinski definition) is 2. The number of aromatic nitrogens is 1. The Balaban J connectivity index is 1.91. The number of aryl methyl sites for hydroxylation is 1. The number of ether oxygens (including phenoxy) is 1. The van der Waals surface area contributed by atoms with E-state index < -0.39 is 5.97 Å². The zero-order chi connectivity index (χ0) is 25.3. The van der Waals surface area contributed by atoms with Gasteiger partial charge in [-0.15, -0.1) is 0 Å². The predicted molar refractivity (Wildman–Crippen MR) is 143 cm³/mol. The number of carboxylic acid groups (broad SMARTS) is 1.